The third-order valence-corrected chi connectivity index (χ3v) is 2.77. The Morgan fingerprint density at radius 1 is 0.900 bits per heavy atom. The fourth-order valence-electron chi connectivity index (χ4n) is 1.74. The molecule has 4 nitrogen and oxygen atoms in total. The van der Waals surface area contributed by atoms with Gasteiger partial charge in [0.1, 0.15) is 18.1 Å². The second kappa shape index (κ2) is 6.61. The first-order valence-corrected chi connectivity index (χ1v) is 6.17. The summed E-state index contributed by atoms with van der Waals surface area (Å²) in [6.07, 6.45) is 0. The Hall–Kier alpha value is -2.49. The Bertz CT molecular complexity index is 615. The van der Waals surface area contributed by atoms with Crippen molar-refractivity contribution in [3.05, 3.63) is 64.3 Å². The Labute approximate surface area is 117 Å². The smallest absolute Gasteiger partial charge is 0.220 e. The van der Waals surface area contributed by atoms with E-state index in [0.717, 1.165) is 5.56 Å². The average molecular weight is 272 g/mol. The highest BCUT2D eigenvalue weighted by molar-refractivity contribution is 5.38. The molecule has 0 amide bonds. The van der Waals surface area contributed by atoms with Crippen LogP contribution in [0.2, 0.25) is 0 Å². The summed E-state index contributed by atoms with van der Waals surface area (Å²) in [7, 11) is 3.18. The molecule has 0 spiro atoms. The number of benzene rings is 1. The van der Waals surface area contributed by atoms with Crippen molar-refractivity contribution in [3.8, 4) is 17.2 Å². The second-order valence-electron chi connectivity index (χ2n) is 4.15. The fourth-order valence-corrected chi connectivity index (χ4v) is 1.74. The maximum atomic E-state index is 11.7. The molecule has 104 valence electrons. The van der Waals surface area contributed by atoms with Crippen LogP contribution in [0.5, 0.6) is 17.2 Å². The second-order valence-corrected chi connectivity index (χ2v) is 4.15. The lowest BCUT2D eigenvalue weighted by Gasteiger charge is -2.09. The van der Waals surface area contributed by atoms with Crippen LogP contribution < -0.4 is 19.6 Å². The van der Waals surface area contributed by atoms with Crippen LogP contribution in [0, 0.1) is 0 Å². The number of ether oxygens (including phenoxy) is 3. The van der Waals surface area contributed by atoms with Gasteiger partial charge in [-0.15, -0.1) is 0 Å². The van der Waals surface area contributed by atoms with Gasteiger partial charge in [-0.25, -0.2) is 0 Å². The standard InChI is InChI=1S/C16H16O4/c1-18-13-8-12(9-14(10-13)19-2)11-20-16-7-5-3-4-6-15(16)17/h3-10H,11H2,1-2H3. The van der Waals surface area contributed by atoms with Crippen LogP contribution >= 0.6 is 0 Å². The maximum absolute atomic E-state index is 11.7. The molecule has 0 unspecified atom stereocenters. The summed E-state index contributed by atoms with van der Waals surface area (Å²) in [4.78, 5) is 11.7. The van der Waals surface area contributed by atoms with Gasteiger partial charge in [0.2, 0.25) is 5.43 Å². The highest BCUT2D eigenvalue weighted by Gasteiger charge is 2.04. The zero-order valence-electron chi connectivity index (χ0n) is 11.5. The van der Waals surface area contributed by atoms with Crippen molar-refractivity contribution in [3.63, 3.8) is 0 Å². The number of hydrogen-bond donors (Lipinski definition) is 0. The third-order valence-electron chi connectivity index (χ3n) is 2.77. The Morgan fingerprint density at radius 3 is 2.20 bits per heavy atom. The van der Waals surface area contributed by atoms with E-state index in [1.807, 2.05) is 12.1 Å². The minimum atomic E-state index is -0.148. The largest absolute Gasteiger partial charge is 0.497 e. The lowest BCUT2D eigenvalue weighted by atomic mass is 10.2. The molecule has 0 fully saturated rings. The van der Waals surface area contributed by atoms with Gasteiger partial charge in [-0.1, -0.05) is 18.2 Å². The van der Waals surface area contributed by atoms with E-state index < -0.39 is 0 Å². The molecule has 0 aromatic heterocycles. The van der Waals surface area contributed by atoms with Gasteiger partial charge in [-0.2, -0.15) is 0 Å². The van der Waals surface area contributed by atoms with Crippen molar-refractivity contribution < 1.29 is 14.2 Å². The van der Waals surface area contributed by atoms with Crippen LogP contribution in [0.3, 0.4) is 0 Å². The van der Waals surface area contributed by atoms with Crippen molar-refractivity contribution in [2.24, 2.45) is 0 Å². The molecule has 0 aliphatic heterocycles. The summed E-state index contributed by atoms with van der Waals surface area (Å²) in [6.45, 7) is 0.271. The lowest BCUT2D eigenvalue weighted by Crippen LogP contribution is -2.04. The van der Waals surface area contributed by atoms with Gasteiger partial charge in [-0.3, -0.25) is 4.79 Å². The molecule has 0 aliphatic carbocycles. The van der Waals surface area contributed by atoms with Crippen LogP contribution in [0.25, 0.3) is 0 Å². The molecule has 0 aliphatic rings. The Morgan fingerprint density at radius 2 is 1.55 bits per heavy atom. The van der Waals surface area contributed by atoms with Crippen LogP contribution in [0.4, 0.5) is 0 Å². The summed E-state index contributed by atoms with van der Waals surface area (Å²) < 4.78 is 15.9. The number of rotatable bonds is 5. The van der Waals surface area contributed by atoms with Gasteiger partial charge in [0.15, 0.2) is 5.75 Å². The third kappa shape index (κ3) is 3.51. The summed E-state index contributed by atoms with van der Waals surface area (Å²) >= 11 is 0. The highest BCUT2D eigenvalue weighted by atomic mass is 16.5. The van der Waals surface area contributed by atoms with Crippen LogP contribution in [-0.2, 0) is 6.61 Å². The summed E-state index contributed by atoms with van der Waals surface area (Å²) in [6, 6.07) is 13.8. The molecule has 0 heterocycles. The van der Waals surface area contributed by atoms with Crippen molar-refractivity contribution in [2.75, 3.05) is 14.2 Å². The van der Waals surface area contributed by atoms with Gasteiger partial charge in [0, 0.05) is 6.07 Å². The number of hydrogen-bond acceptors (Lipinski definition) is 4. The van der Waals surface area contributed by atoms with Gasteiger partial charge in [0.25, 0.3) is 0 Å². The zero-order chi connectivity index (χ0) is 14.4. The van der Waals surface area contributed by atoms with Crippen LogP contribution in [-0.4, -0.2) is 14.2 Å². The molecule has 0 N–H and O–H groups in total. The minimum Gasteiger partial charge on any atom is -0.497 e. The van der Waals surface area contributed by atoms with Gasteiger partial charge < -0.3 is 14.2 Å². The molecule has 2 aromatic rings. The molecule has 0 radical (unpaired) electrons. The molecule has 20 heavy (non-hydrogen) atoms. The van der Waals surface area contributed by atoms with Gasteiger partial charge in [-0.05, 0) is 29.8 Å². The predicted molar refractivity (Wildman–Crippen MR) is 76.6 cm³/mol. The minimum absolute atomic E-state index is 0.148. The zero-order valence-corrected chi connectivity index (χ0v) is 11.5. The Kier molecular flexibility index (Phi) is 4.60. The quantitative estimate of drug-likeness (QED) is 0.839. The van der Waals surface area contributed by atoms with Gasteiger partial charge >= 0.3 is 0 Å². The Balaban J connectivity index is 2.19. The fraction of sp³-hybridized carbons (Fsp3) is 0.188. The van der Waals surface area contributed by atoms with E-state index in [2.05, 4.69) is 0 Å². The normalized spacial score (nSPS) is 9.90. The predicted octanol–water partition coefficient (Wildman–Crippen LogP) is 2.64. The summed E-state index contributed by atoms with van der Waals surface area (Å²) in [5.74, 6) is 1.68. The van der Waals surface area contributed by atoms with Crippen molar-refractivity contribution in [2.45, 2.75) is 6.61 Å². The van der Waals surface area contributed by atoms with Crippen LogP contribution in [0.1, 0.15) is 5.56 Å². The SMILES string of the molecule is COc1cc(COc2cccccc2=O)cc(OC)c1. The van der Waals surface area contributed by atoms with Crippen molar-refractivity contribution >= 4 is 0 Å². The van der Waals surface area contributed by atoms with Crippen molar-refractivity contribution in [1.82, 2.24) is 0 Å². The monoisotopic (exact) mass is 272 g/mol. The first-order valence-electron chi connectivity index (χ1n) is 6.17. The van der Waals surface area contributed by atoms with E-state index in [1.165, 1.54) is 6.07 Å². The van der Waals surface area contributed by atoms with Crippen molar-refractivity contribution in [1.29, 1.82) is 0 Å². The first-order chi connectivity index (χ1) is 9.72. The molecule has 2 aromatic carbocycles. The van der Waals surface area contributed by atoms with E-state index >= 15 is 0 Å². The van der Waals surface area contributed by atoms with E-state index in [1.54, 1.807) is 44.6 Å². The molecule has 0 atom stereocenters. The first kappa shape index (κ1) is 13.9. The molecule has 2 rings (SSSR count). The van der Waals surface area contributed by atoms with E-state index in [0.29, 0.717) is 17.2 Å². The molecule has 0 saturated carbocycles. The molecular formula is C16H16O4. The van der Waals surface area contributed by atoms with E-state index in [-0.39, 0.29) is 12.0 Å². The molecular weight excluding hydrogens is 256 g/mol. The molecule has 4 heteroatoms. The highest BCUT2D eigenvalue weighted by Crippen LogP contribution is 2.23. The average Bonchev–Trinajstić information content (AvgIpc) is 2.69. The van der Waals surface area contributed by atoms with E-state index in [4.69, 9.17) is 14.2 Å². The number of methoxy groups -OCH3 is 2. The molecule has 0 saturated heterocycles. The van der Waals surface area contributed by atoms with Gasteiger partial charge in [0.05, 0.1) is 14.2 Å². The summed E-state index contributed by atoms with van der Waals surface area (Å²) in [5.41, 5.74) is 0.719. The maximum Gasteiger partial charge on any atom is 0.220 e. The van der Waals surface area contributed by atoms with E-state index in [9.17, 15) is 4.79 Å². The summed E-state index contributed by atoms with van der Waals surface area (Å²) in [5, 5.41) is 0. The lowest BCUT2D eigenvalue weighted by molar-refractivity contribution is 0.301. The van der Waals surface area contributed by atoms with Crippen LogP contribution in [0.15, 0.2) is 53.3 Å². The molecule has 0 bridgehead atoms. The topological polar surface area (TPSA) is 44.8 Å².